The van der Waals surface area contributed by atoms with Gasteiger partial charge in [-0.3, -0.25) is 0 Å². The van der Waals surface area contributed by atoms with Crippen LogP contribution in [0.15, 0.2) is 59.5 Å². The fraction of sp³-hybridized carbons (Fsp3) is 0.429. The summed E-state index contributed by atoms with van der Waals surface area (Å²) >= 11 is 5.90. The zero-order valence-electron chi connectivity index (χ0n) is 15.5. The zero-order chi connectivity index (χ0) is 19.7. The van der Waals surface area contributed by atoms with Gasteiger partial charge in [-0.2, -0.15) is 0 Å². The third kappa shape index (κ3) is 3.98. The second-order valence-electron chi connectivity index (χ2n) is 7.50. The molecule has 4 rings (SSSR count). The van der Waals surface area contributed by atoms with Gasteiger partial charge in [0.1, 0.15) is 0 Å². The van der Waals surface area contributed by atoms with E-state index in [1.54, 1.807) is 12.1 Å². The summed E-state index contributed by atoms with van der Waals surface area (Å²) in [5, 5.41) is 0.483. The van der Waals surface area contributed by atoms with E-state index in [1.807, 2.05) is 30.3 Å². The lowest BCUT2D eigenvalue weighted by molar-refractivity contribution is -0.517. The Labute approximate surface area is 170 Å². The van der Waals surface area contributed by atoms with E-state index in [9.17, 15) is 8.42 Å². The molecule has 0 amide bonds. The zero-order valence-corrected chi connectivity index (χ0v) is 17.0. The highest BCUT2D eigenvalue weighted by Gasteiger charge is 2.50. The number of halogens is 1. The van der Waals surface area contributed by atoms with Crippen LogP contribution in [0.25, 0.3) is 0 Å². The van der Waals surface area contributed by atoms with Crippen LogP contribution in [0.2, 0.25) is 5.02 Å². The Morgan fingerprint density at radius 2 is 1.57 bits per heavy atom. The maximum Gasteiger partial charge on any atom is 0.201 e. The van der Waals surface area contributed by atoms with Crippen LogP contribution in [-0.4, -0.2) is 26.6 Å². The predicted molar refractivity (Wildman–Crippen MR) is 106 cm³/mol. The molecule has 28 heavy (non-hydrogen) atoms. The normalized spacial score (nSPS) is 24.9. The Hall–Kier alpha value is -1.44. The standard InChI is InChI=1S/C21H23ClO5S/c22-18-9-11-19(12-10-18)28(23,24)16-20(17-7-3-1-4-8-17)15-25-21(27-26-20)13-5-2-6-14-21/h1,3-4,7-12H,2,5-6,13-16H2/t20-/m1/s1. The Bertz CT molecular complexity index is 896. The van der Waals surface area contributed by atoms with Crippen molar-refractivity contribution < 1.29 is 22.9 Å². The summed E-state index contributed by atoms with van der Waals surface area (Å²) < 4.78 is 32.4. The summed E-state index contributed by atoms with van der Waals surface area (Å²) in [6, 6.07) is 15.4. The van der Waals surface area contributed by atoms with Crippen molar-refractivity contribution >= 4 is 21.4 Å². The van der Waals surface area contributed by atoms with Crippen LogP contribution in [0.1, 0.15) is 37.7 Å². The second kappa shape index (κ2) is 7.76. The van der Waals surface area contributed by atoms with Gasteiger partial charge in [-0.1, -0.05) is 48.4 Å². The number of rotatable bonds is 4. The molecule has 1 heterocycles. The molecule has 0 bridgehead atoms. The van der Waals surface area contributed by atoms with E-state index in [-0.39, 0.29) is 17.3 Å². The molecule has 150 valence electrons. The van der Waals surface area contributed by atoms with Gasteiger partial charge >= 0.3 is 0 Å². The molecule has 2 aromatic carbocycles. The fourth-order valence-electron chi connectivity index (χ4n) is 3.82. The van der Waals surface area contributed by atoms with E-state index in [0.29, 0.717) is 10.6 Å². The molecule has 0 radical (unpaired) electrons. The number of ether oxygens (including phenoxy) is 1. The van der Waals surface area contributed by atoms with E-state index < -0.39 is 21.2 Å². The SMILES string of the molecule is O=S(=O)(C[C@@]1(c2ccccc2)COC2(CCCCC2)OO1)c1ccc(Cl)cc1. The van der Waals surface area contributed by atoms with E-state index >= 15 is 0 Å². The van der Waals surface area contributed by atoms with Crippen molar-refractivity contribution in [2.24, 2.45) is 0 Å². The lowest BCUT2D eigenvalue weighted by Gasteiger charge is -2.46. The van der Waals surface area contributed by atoms with Crippen LogP contribution < -0.4 is 0 Å². The Balaban J connectivity index is 1.64. The largest absolute Gasteiger partial charge is 0.344 e. The molecule has 1 spiro atoms. The monoisotopic (exact) mass is 422 g/mol. The van der Waals surface area contributed by atoms with Crippen LogP contribution in [0.5, 0.6) is 0 Å². The molecule has 0 N–H and O–H groups in total. The summed E-state index contributed by atoms with van der Waals surface area (Å²) in [4.78, 5) is 11.9. The van der Waals surface area contributed by atoms with Crippen molar-refractivity contribution in [2.75, 3.05) is 12.4 Å². The van der Waals surface area contributed by atoms with Gasteiger partial charge < -0.3 is 4.74 Å². The van der Waals surface area contributed by atoms with Crippen molar-refractivity contribution in [3.63, 3.8) is 0 Å². The minimum Gasteiger partial charge on any atom is -0.344 e. The van der Waals surface area contributed by atoms with E-state index in [0.717, 1.165) is 32.1 Å². The molecule has 0 unspecified atom stereocenters. The van der Waals surface area contributed by atoms with Crippen molar-refractivity contribution in [1.82, 2.24) is 0 Å². The molecule has 1 atom stereocenters. The summed E-state index contributed by atoms with van der Waals surface area (Å²) in [7, 11) is -3.67. The summed E-state index contributed by atoms with van der Waals surface area (Å²) in [6.45, 7) is 0.115. The van der Waals surface area contributed by atoms with Gasteiger partial charge in [-0.05, 0) is 42.7 Å². The van der Waals surface area contributed by atoms with Crippen LogP contribution in [-0.2, 0) is 30.0 Å². The van der Waals surface area contributed by atoms with Crippen LogP contribution in [0.4, 0.5) is 0 Å². The average Bonchev–Trinajstić information content (AvgIpc) is 2.72. The molecule has 1 aliphatic carbocycles. The van der Waals surface area contributed by atoms with Crippen molar-refractivity contribution in [3.05, 3.63) is 65.2 Å². The Morgan fingerprint density at radius 3 is 2.18 bits per heavy atom. The number of hydrogen-bond acceptors (Lipinski definition) is 5. The first kappa shape index (κ1) is 19.9. The first-order valence-electron chi connectivity index (χ1n) is 9.48. The molecule has 0 aromatic heterocycles. The summed E-state index contributed by atoms with van der Waals surface area (Å²) in [6.07, 6.45) is 4.66. The minimum absolute atomic E-state index is 0.115. The maximum atomic E-state index is 13.1. The molecule has 1 saturated heterocycles. The molecule has 7 heteroatoms. The van der Waals surface area contributed by atoms with Gasteiger partial charge in [0.25, 0.3) is 0 Å². The lowest BCUT2D eigenvalue weighted by atomic mass is 9.92. The van der Waals surface area contributed by atoms with Gasteiger partial charge in [0.2, 0.25) is 5.79 Å². The van der Waals surface area contributed by atoms with Crippen LogP contribution in [0, 0.1) is 0 Å². The highest BCUT2D eigenvalue weighted by molar-refractivity contribution is 7.91. The number of hydrogen-bond donors (Lipinski definition) is 0. The van der Waals surface area contributed by atoms with Gasteiger partial charge in [-0.25, -0.2) is 18.2 Å². The average molecular weight is 423 g/mol. The molecular formula is C21H23ClO5S. The quantitative estimate of drug-likeness (QED) is 0.671. The smallest absolute Gasteiger partial charge is 0.201 e. The molecule has 5 nitrogen and oxygen atoms in total. The topological polar surface area (TPSA) is 61.8 Å². The molecular weight excluding hydrogens is 400 g/mol. The highest BCUT2D eigenvalue weighted by atomic mass is 35.5. The molecule has 2 aromatic rings. The third-order valence-electron chi connectivity index (χ3n) is 5.43. The van der Waals surface area contributed by atoms with Crippen LogP contribution in [0.3, 0.4) is 0 Å². The highest BCUT2D eigenvalue weighted by Crippen LogP contribution is 2.42. The summed E-state index contributed by atoms with van der Waals surface area (Å²) in [5.41, 5.74) is -0.527. The van der Waals surface area contributed by atoms with Crippen molar-refractivity contribution in [2.45, 2.75) is 48.4 Å². The second-order valence-corrected chi connectivity index (χ2v) is 9.93. The Kier molecular flexibility index (Phi) is 5.51. The van der Waals surface area contributed by atoms with E-state index in [2.05, 4.69) is 0 Å². The molecule has 1 saturated carbocycles. The minimum atomic E-state index is -3.67. The number of sulfone groups is 1. The van der Waals surface area contributed by atoms with E-state index in [4.69, 9.17) is 26.1 Å². The summed E-state index contributed by atoms with van der Waals surface area (Å²) in [5.74, 6) is -1.05. The van der Waals surface area contributed by atoms with Crippen molar-refractivity contribution in [1.29, 1.82) is 0 Å². The Morgan fingerprint density at radius 1 is 0.893 bits per heavy atom. The van der Waals surface area contributed by atoms with Gasteiger partial charge in [0, 0.05) is 17.9 Å². The number of benzene rings is 2. The first-order chi connectivity index (χ1) is 13.4. The molecule has 1 aliphatic heterocycles. The first-order valence-corrected chi connectivity index (χ1v) is 11.5. The van der Waals surface area contributed by atoms with Gasteiger partial charge in [-0.15, -0.1) is 0 Å². The fourth-order valence-corrected chi connectivity index (χ4v) is 5.58. The van der Waals surface area contributed by atoms with Crippen LogP contribution >= 0.6 is 11.6 Å². The molecule has 2 fully saturated rings. The molecule has 2 aliphatic rings. The van der Waals surface area contributed by atoms with Gasteiger partial charge in [0.15, 0.2) is 15.4 Å². The van der Waals surface area contributed by atoms with Crippen molar-refractivity contribution in [3.8, 4) is 0 Å². The third-order valence-corrected chi connectivity index (χ3v) is 7.52. The maximum absolute atomic E-state index is 13.1. The van der Waals surface area contributed by atoms with E-state index in [1.165, 1.54) is 12.1 Å². The predicted octanol–water partition coefficient (Wildman–Crippen LogP) is 4.65. The van der Waals surface area contributed by atoms with Gasteiger partial charge in [0.05, 0.1) is 17.3 Å². The lowest BCUT2D eigenvalue weighted by Crippen LogP contribution is -2.54.